The minimum Gasteiger partial charge on any atom is -0.285 e. The molecule has 2 radical (unpaired) electrons. The summed E-state index contributed by atoms with van der Waals surface area (Å²) >= 11 is 0. The van der Waals surface area contributed by atoms with Crippen molar-refractivity contribution in [3.8, 4) is 0 Å². The zero-order valence-electron chi connectivity index (χ0n) is 6.72. The molecule has 0 spiro atoms. The van der Waals surface area contributed by atoms with Crippen molar-refractivity contribution < 1.29 is 19.6 Å². The summed E-state index contributed by atoms with van der Waals surface area (Å²) in [5.41, 5.74) is -1.81. The first kappa shape index (κ1) is 9.85. The summed E-state index contributed by atoms with van der Waals surface area (Å²) in [5, 5.41) is 20.9. The molecule has 1 aromatic carbocycles. The van der Waals surface area contributed by atoms with E-state index in [-0.39, 0.29) is 5.56 Å². The Morgan fingerprint density at radius 3 is 2.50 bits per heavy atom. The normalized spacial score (nSPS) is 9.43. The molecule has 0 aromatic heterocycles. The summed E-state index contributed by atoms with van der Waals surface area (Å²) in [7, 11) is 0. The molecule has 0 aliphatic heterocycles. The maximum atomic E-state index is 10.5. The molecule has 0 aliphatic carbocycles. The summed E-state index contributed by atoms with van der Waals surface area (Å²) in [5.74, 6) is -1.77. The minimum absolute atomic E-state index is 0.390. The second-order valence-corrected chi connectivity index (χ2v) is 2.35. The summed E-state index contributed by atoms with van der Waals surface area (Å²) in [6, 6.07) is 3.29. The van der Waals surface area contributed by atoms with Crippen LogP contribution in [0.3, 0.4) is 0 Å². The van der Waals surface area contributed by atoms with Crippen LogP contribution in [0.4, 0.5) is 5.69 Å². The second kappa shape index (κ2) is 3.65. The van der Waals surface area contributed by atoms with E-state index in [0.29, 0.717) is 0 Å². The standard InChI is InChI=1S/C8H3NO5/c10-4-5-2-1-3-6(9(13)14)7(5)8(11)12/h1-3H. The van der Waals surface area contributed by atoms with Crippen molar-refractivity contribution in [3.05, 3.63) is 39.4 Å². The fourth-order valence-corrected chi connectivity index (χ4v) is 0.992. The first-order chi connectivity index (χ1) is 6.57. The number of nitro benzene ring substituents is 1. The van der Waals surface area contributed by atoms with Gasteiger partial charge in [0.05, 0.1) is 4.92 Å². The molecule has 0 N–H and O–H groups in total. The Kier molecular flexibility index (Phi) is 2.57. The van der Waals surface area contributed by atoms with Crippen LogP contribution in [0.15, 0.2) is 18.2 Å². The average molecular weight is 193 g/mol. The van der Waals surface area contributed by atoms with Crippen LogP contribution < -0.4 is 0 Å². The number of rotatable bonds is 3. The highest BCUT2D eigenvalue weighted by Crippen LogP contribution is 2.21. The first-order valence-electron chi connectivity index (χ1n) is 3.45. The van der Waals surface area contributed by atoms with Crippen molar-refractivity contribution in [3.63, 3.8) is 0 Å². The Bertz CT molecular complexity index is 412. The number of nitrogens with zero attached hydrogens (tertiary/aromatic N) is 1. The predicted octanol–water partition coefficient (Wildman–Crippen LogP) is 0.623. The van der Waals surface area contributed by atoms with Gasteiger partial charge in [0.25, 0.3) is 5.69 Å². The number of benzene rings is 1. The lowest BCUT2D eigenvalue weighted by atomic mass is 10.1. The van der Waals surface area contributed by atoms with Gasteiger partial charge in [-0.2, -0.15) is 0 Å². The van der Waals surface area contributed by atoms with Gasteiger partial charge in [-0.25, -0.2) is 9.90 Å². The van der Waals surface area contributed by atoms with Gasteiger partial charge in [0.15, 0.2) is 5.56 Å². The molecular weight excluding hydrogens is 190 g/mol. The number of carbonyl (C=O) groups excluding carboxylic acids is 2. The van der Waals surface area contributed by atoms with Crippen LogP contribution in [0.2, 0.25) is 0 Å². The van der Waals surface area contributed by atoms with E-state index in [1.807, 2.05) is 0 Å². The third-order valence-corrected chi connectivity index (χ3v) is 1.55. The van der Waals surface area contributed by atoms with Crippen LogP contribution in [-0.2, 0) is 9.90 Å². The largest absolute Gasteiger partial charge is 0.394 e. The van der Waals surface area contributed by atoms with Gasteiger partial charge in [-0.1, -0.05) is 6.07 Å². The van der Waals surface area contributed by atoms with Gasteiger partial charge in [-0.3, -0.25) is 14.9 Å². The maximum absolute atomic E-state index is 10.5. The number of carbonyl (C=O) groups is 1. The quantitative estimate of drug-likeness (QED) is 0.519. The van der Waals surface area contributed by atoms with Crippen molar-refractivity contribution in [2.24, 2.45) is 0 Å². The summed E-state index contributed by atoms with van der Waals surface area (Å²) in [6.07, 6.45) is 1.30. The average Bonchev–Trinajstić information content (AvgIpc) is 2.16. The van der Waals surface area contributed by atoms with Crippen LogP contribution in [0.1, 0.15) is 15.9 Å². The lowest BCUT2D eigenvalue weighted by molar-refractivity contribution is -0.385. The van der Waals surface area contributed by atoms with Crippen molar-refractivity contribution in [2.75, 3.05) is 0 Å². The fraction of sp³-hybridized carbons (Fsp3) is 0. The lowest BCUT2D eigenvalue weighted by Gasteiger charge is -1.97. The van der Waals surface area contributed by atoms with E-state index >= 15 is 0 Å². The molecule has 0 unspecified atom stereocenters. The van der Waals surface area contributed by atoms with Gasteiger partial charge in [-0.15, -0.1) is 0 Å². The Balaban J connectivity index is 3.51. The third kappa shape index (κ3) is 1.58. The van der Waals surface area contributed by atoms with Gasteiger partial charge in [0, 0.05) is 11.6 Å². The molecule has 0 heterocycles. The molecule has 6 heteroatoms. The van der Waals surface area contributed by atoms with E-state index in [0.717, 1.165) is 12.1 Å². The van der Waals surface area contributed by atoms with Crippen molar-refractivity contribution in [2.45, 2.75) is 0 Å². The van der Waals surface area contributed by atoms with Crippen LogP contribution in [0.25, 0.3) is 0 Å². The van der Waals surface area contributed by atoms with Crippen molar-refractivity contribution in [1.29, 1.82) is 0 Å². The molecule has 0 bridgehead atoms. The zero-order chi connectivity index (χ0) is 10.7. The van der Waals surface area contributed by atoms with Crippen LogP contribution >= 0.6 is 0 Å². The molecule has 0 saturated carbocycles. The second-order valence-electron chi connectivity index (χ2n) is 2.35. The Labute approximate surface area is 77.9 Å². The first-order valence-corrected chi connectivity index (χ1v) is 3.45. The van der Waals surface area contributed by atoms with E-state index in [9.17, 15) is 24.8 Å². The topological polar surface area (TPSA) is 97.2 Å². The van der Waals surface area contributed by atoms with E-state index in [4.69, 9.17) is 0 Å². The van der Waals surface area contributed by atoms with Crippen molar-refractivity contribution >= 4 is 17.9 Å². The van der Waals surface area contributed by atoms with Crippen LogP contribution in [0, 0.1) is 10.1 Å². The molecular formula is C8H3NO5. The monoisotopic (exact) mass is 193 g/mol. The Hall–Kier alpha value is -2.24. The van der Waals surface area contributed by atoms with E-state index < -0.39 is 22.1 Å². The lowest BCUT2D eigenvalue weighted by Crippen LogP contribution is -2.05. The highest BCUT2D eigenvalue weighted by Gasteiger charge is 2.24. The molecule has 1 aromatic rings. The molecule has 0 amide bonds. The molecule has 0 aliphatic rings. The molecule has 6 nitrogen and oxygen atoms in total. The number of nitro groups is 1. The van der Waals surface area contributed by atoms with E-state index in [1.165, 1.54) is 12.4 Å². The van der Waals surface area contributed by atoms with Crippen LogP contribution in [0.5, 0.6) is 0 Å². The molecule has 0 saturated heterocycles. The number of hydrogen-bond donors (Lipinski definition) is 0. The summed E-state index contributed by atoms with van der Waals surface area (Å²) in [4.78, 5) is 30.3. The predicted molar refractivity (Wildman–Crippen MR) is 42.9 cm³/mol. The highest BCUT2D eigenvalue weighted by molar-refractivity contribution is 6.00. The third-order valence-electron chi connectivity index (χ3n) is 1.55. The SMILES string of the molecule is [O]C(=O)c1c([C]=O)cccc1[N+](=O)[O-]. The van der Waals surface area contributed by atoms with Gasteiger partial charge in [0.2, 0.25) is 6.29 Å². The molecule has 1 rings (SSSR count). The molecule has 70 valence electrons. The van der Waals surface area contributed by atoms with Gasteiger partial charge >= 0.3 is 5.97 Å². The molecule has 0 fully saturated rings. The van der Waals surface area contributed by atoms with Gasteiger partial charge in [0.1, 0.15) is 0 Å². The van der Waals surface area contributed by atoms with Gasteiger partial charge in [-0.05, 0) is 6.07 Å². The maximum Gasteiger partial charge on any atom is 0.394 e. The number of hydrogen-bond acceptors (Lipinski definition) is 4. The van der Waals surface area contributed by atoms with Gasteiger partial charge < -0.3 is 0 Å². The summed E-state index contributed by atoms with van der Waals surface area (Å²) < 4.78 is 0. The van der Waals surface area contributed by atoms with E-state index in [1.54, 1.807) is 0 Å². The minimum atomic E-state index is -1.77. The highest BCUT2D eigenvalue weighted by atomic mass is 16.6. The Morgan fingerprint density at radius 1 is 1.43 bits per heavy atom. The van der Waals surface area contributed by atoms with Crippen LogP contribution in [-0.4, -0.2) is 17.2 Å². The van der Waals surface area contributed by atoms with E-state index in [2.05, 4.69) is 0 Å². The zero-order valence-corrected chi connectivity index (χ0v) is 6.72. The smallest absolute Gasteiger partial charge is 0.285 e. The fourth-order valence-electron chi connectivity index (χ4n) is 0.992. The molecule has 0 atom stereocenters. The Morgan fingerprint density at radius 2 is 2.07 bits per heavy atom. The summed E-state index contributed by atoms with van der Waals surface area (Å²) in [6.45, 7) is 0. The molecule has 14 heavy (non-hydrogen) atoms. The van der Waals surface area contributed by atoms with Crippen molar-refractivity contribution in [1.82, 2.24) is 0 Å².